The summed E-state index contributed by atoms with van der Waals surface area (Å²) in [6.07, 6.45) is 5.04. The van der Waals surface area contributed by atoms with E-state index in [2.05, 4.69) is 10.3 Å². The molecule has 0 bridgehead atoms. The van der Waals surface area contributed by atoms with Crippen LogP contribution in [0, 0.1) is 0 Å². The van der Waals surface area contributed by atoms with E-state index in [4.69, 9.17) is 9.47 Å². The number of hydrogen-bond acceptors (Lipinski definition) is 5. The van der Waals surface area contributed by atoms with Crippen molar-refractivity contribution < 1.29 is 14.3 Å². The van der Waals surface area contributed by atoms with Gasteiger partial charge in [0.2, 0.25) is 5.91 Å². The van der Waals surface area contributed by atoms with Gasteiger partial charge in [-0.1, -0.05) is 31.0 Å². The van der Waals surface area contributed by atoms with E-state index in [1.165, 1.54) is 10.8 Å². The molecule has 2 aliphatic rings. The first-order chi connectivity index (χ1) is 14.6. The van der Waals surface area contributed by atoms with Gasteiger partial charge in [-0.15, -0.1) is 0 Å². The van der Waals surface area contributed by atoms with Crippen molar-refractivity contribution in [3.8, 4) is 11.5 Å². The number of hydrogen-bond donors (Lipinski definition) is 1. The van der Waals surface area contributed by atoms with Crippen LogP contribution in [0.5, 0.6) is 11.5 Å². The molecule has 1 amide bonds. The van der Waals surface area contributed by atoms with Crippen LogP contribution in [-0.4, -0.2) is 28.7 Å². The van der Waals surface area contributed by atoms with E-state index in [1.54, 1.807) is 0 Å². The van der Waals surface area contributed by atoms with Crippen molar-refractivity contribution >= 4 is 16.9 Å². The summed E-state index contributed by atoms with van der Waals surface area (Å²) in [4.78, 5) is 29.7. The normalized spacial score (nSPS) is 17.1. The average molecular weight is 405 g/mol. The number of carbonyl (C=O) groups excluding carboxylic acids is 1. The molecule has 7 nitrogen and oxygen atoms in total. The first-order valence-electron chi connectivity index (χ1n) is 10.3. The fraction of sp³-hybridized carbons (Fsp3) is 0.348. The highest BCUT2D eigenvalue weighted by molar-refractivity contribution is 5.80. The van der Waals surface area contributed by atoms with Crippen LogP contribution in [0.2, 0.25) is 0 Å². The number of carbonyl (C=O) groups is 1. The molecule has 1 N–H and O–H groups in total. The van der Waals surface area contributed by atoms with Crippen LogP contribution >= 0.6 is 0 Å². The number of nitrogens with zero attached hydrogens (tertiary/aromatic N) is 2. The van der Waals surface area contributed by atoms with Crippen LogP contribution in [-0.2, 0) is 16.9 Å². The van der Waals surface area contributed by atoms with Crippen molar-refractivity contribution in [3.63, 3.8) is 0 Å². The monoisotopic (exact) mass is 405 g/mol. The Morgan fingerprint density at radius 3 is 2.67 bits per heavy atom. The third-order valence-electron chi connectivity index (χ3n) is 5.98. The van der Waals surface area contributed by atoms with Gasteiger partial charge in [-0.25, -0.2) is 4.98 Å². The summed E-state index contributed by atoms with van der Waals surface area (Å²) >= 11 is 0. The van der Waals surface area contributed by atoms with Crippen LogP contribution in [0.3, 0.4) is 0 Å². The maximum absolute atomic E-state index is 13.1. The highest BCUT2D eigenvalue weighted by atomic mass is 16.6. The summed E-state index contributed by atoms with van der Waals surface area (Å²) in [5.74, 6) is 1.26. The lowest BCUT2D eigenvalue weighted by Gasteiger charge is -2.32. The molecule has 2 aromatic carbocycles. The number of para-hydroxylation sites is 2. The van der Waals surface area contributed by atoms with E-state index in [9.17, 15) is 9.59 Å². The number of fused-ring (bicyclic) bond motifs is 2. The van der Waals surface area contributed by atoms with Gasteiger partial charge in [-0.2, -0.15) is 0 Å². The Bertz CT molecular complexity index is 1160. The summed E-state index contributed by atoms with van der Waals surface area (Å²) in [5, 5.41) is 3.24. The van der Waals surface area contributed by atoms with Gasteiger partial charge in [-0.3, -0.25) is 14.2 Å². The van der Waals surface area contributed by atoms with Crippen LogP contribution in [0.1, 0.15) is 31.2 Å². The number of ether oxygens (including phenoxy) is 2. The third-order valence-corrected chi connectivity index (χ3v) is 5.98. The second-order valence-electron chi connectivity index (χ2n) is 7.87. The Morgan fingerprint density at radius 1 is 1.07 bits per heavy atom. The van der Waals surface area contributed by atoms with Crippen LogP contribution in [0.25, 0.3) is 11.0 Å². The molecule has 3 aromatic rings. The fourth-order valence-electron chi connectivity index (χ4n) is 4.53. The predicted octanol–water partition coefficient (Wildman–Crippen LogP) is 2.75. The number of aromatic nitrogens is 2. The fourth-order valence-corrected chi connectivity index (χ4v) is 4.53. The molecule has 1 aliphatic carbocycles. The molecule has 0 atom stereocenters. The van der Waals surface area contributed by atoms with Crippen LogP contribution in [0.4, 0.5) is 0 Å². The van der Waals surface area contributed by atoms with Gasteiger partial charge in [0.1, 0.15) is 19.8 Å². The molecule has 7 heteroatoms. The molecule has 1 aliphatic heterocycles. The van der Waals surface area contributed by atoms with E-state index < -0.39 is 5.54 Å². The first-order valence-corrected chi connectivity index (χ1v) is 10.3. The van der Waals surface area contributed by atoms with E-state index >= 15 is 0 Å². The molecule has 1 fully saturated rings. The minimum Gasteiger partial charge on any atom is -0.486 e. The van der Waals surface area contributed by atoms with Crippen molar-refractivity contribution in [1.29, 1.82) is 0 Å². The second-order valence-corrected chi connectivity index (χ2v) is 7.87. The smallest absolute Gasteiger partial charge is 0.269 e. The maximum atomic E-state index is 13.1. The lowest BCUT2D eigenvalue weighted by Crippen LogP contribution is -2.46. The standard InChI is InChI=1S/C23H23N3O4/c27-21(15-26-18-6-2-1-5-17(18)24-14-22(26)28)25-23(9-3-4-10-23)16-7-8-19-20(13-16)30-12-11-29-19/h1-2,5-8,13-14H,3-4,9-12,15H2,(H,25,27). The summed E-state index contributed by atoms with van der Waals surface area (Å²) in [6.45, 7) is 1.02. The molecule has 5 rings (SSSR count). The molecule has 0 saturated heterocycles. The summed E-state index contributed by atoms with van der Waals surface area (Å²) < 4.78 is 12.9. The molecule has 154 valence electrons. The van der Waals surface area contributed by atoms with Crippen LogP contribution < -0.4 is 20.3 Å². The van der Waals surface area contributed by atoms with E-state index in [1.807, 2.05) is 42.5 Å². The zero-order valence-corrected chi connectivity index (χ0v) is 16.6. The minimum absolute atomic E-state index is 0.0475. The van der Waals surface area contributed by atoms with Gasteiger partial charge in [-0.05, 0) is 42.7 Å². The maximum Gasteiger partial charge on any atom is 0.269 e. The van der Waals surface area contributed by atoms with Crippen molar-refractivity contribution in [2.24, 2.45) is 0 Å². The Morgan fingerprint density at radius 2 is 1.83 bits per heavy atom. The quantitative estimate of drug-likeness (QED) is 0.722. The van der Waals surface area contributed by atoms with Crippen LogP contribution in [0.15, 0.2) is 53.5 Å². The van der Waals surface area contributed by atoms with Gasteiger partial charge in [0, 0.05) is 0 Å². The number of rotatable bonds is 4. The molecular formula is C23H23N3O4. The molecule has 30 heavy (non-hydrogen) atoms. The van der Waals surface area contributed by atoms with Crippen molar-refractivity contribution in [1.82, 2.24) is 14.9 Å². The van der Waals surface area contributed by atoms with Gasteiger partial charge in [0.25, 0.3) is 5.56 Å². The zero-order chi connectivity index (χ0) is 20.6. The number of benzene rings is 2. The average Bonchev–Trinajstić information content (AvgIpc) is 3.25. The number of nitrogens with one attached hydrogen (secondary N) is 1. The molecule has 0 unspecified atom stereocenters. The van der Waals surface area contributed by atoms with Gasteiger partial charge in [0.15, 0.2) is 11.5 Å². The van der Waals surface area contributed by atoms with Gasteiger partial charge < -0.3 is 14.8 Å². The van der Waals surface area contributed by atoms with E-state index in [0.717, 1.165) is 42.7 Å². The van der Waals surface area contributed by atoms with Crippen molar-refractivity contribution in [3.05, 3.63) is 64.6 Å². The highest BCUT2D eigenvalue weighted by Crippen LogP contribution is 2.42. The Kier molecular flexibility index (Phi) is 4.65. The Balaban J connectivity index is 1.44. The Labute approximate surface area is 173 Å². The van der Waals surface area contributed by atoms with Gasteiger partial charge >= 0.3 is 0 Å². The van der Waals surface area contributed by atoms with Crippen molar-refractivity contribution in [2.45, 2.75) is 37.8 Å². The lowest BCUT2D eigenvalue weighted by molar-refractivity contribution is -0.123. The minimum atomic E-state index is -0.459. The summed E-state index contributed by atoms with van der Waals surface area (Å²) in [5.41, 5.74) is 1.61. The molecule has 0 spiro atoms. The SMILES string of the molecule is O=C(Cn1c(=O)cnc2ccccc21)NC1(c2ccc3c(c2)OCCO3)CCCC1. The molecular weight excluding hydrogens is 382 g/mol. The highest BCUT2D eigenvalue weighted by Gasteiger charge is 2.38. The molecule has 1 aromatic heterocycles. The topological polar surface area (TPSA) is 82.5 Å². The van der Waals surface area contributed by atoms with Crippen molar-refractivity contribution in [2.75, 3.05) is 13.2 Å². The molecule has 2 heterocycles. The number of amides is 1. The molecule has 0 radical (unpaired) electrons. The second kappa shape index (κ2) is 7.48. The Hall–Kier alpha value is -3.35. The van der Waals surface area contributed by atoms with E-state index in [0.29, 0.717) is 24.2 Å². The lowest BCUT2D eigenvalue weighted by atomic mass is 9.87. The summed E-state index contributed by atoms with van der Waals surface area (Å²) in [7, 11) is 0. The van der Waals surface area contributed by atoms with E-state index in [-0.39, 0.29) is 18.0 Å². The zero-order valence-electron chi connectivity index (χ0n) is 16.6. The first kappa shape index (κ1) is 18.7. The largest absolute Gasteiger partial charge is 0.486 e. The van der Waals surface area contributed by atoms with Gasteiger partial charge in [0.05, 0.1) is 22.8 Å². The summed E-state index contributed by atoms with van der Waals surface area (Å²) in [6, 6.07) is 13.2. The third kappa shape index (κ3) is 3.30. The molecule has 1 saturated carbocycles. The predicted molar refractivity (Wildman–Crippen MR) is 112 cm³/mol.